The maximum atomic E-state index is 12.0. The van der Waals surface area contributed by atoms with Gasteiger partial charge in [-0.15, -0.1) is 0 Å². The average Bonchev–Trinajstić information content (AvgIpc) is 2.25. The quantitative estimate of drug-likeness (QED) is 0.389. The highest BCUT2D eigenvalue weighted by Gasteiger charge is 2.25. The van der Waals surface area contributed by atoms with E-state index in [1.54, 1.807) is 20.8 Å². The third kappa shape index (κ3) is 3.57. The molecule has 0 bridgehead atoms. The minimum atomic E-state index is -0.710. The minimum Gasteiger partial charge on any atom is -0.496 e. The van der Waals surface area contributed by atoms with Crippen LogP contribution in [0.25, 0.3) is 0 Å². The summed E-state index contributed by atoms with van der Waals surface area (Å²) in [6, 6.07) is 2.29. The number of hydrogen-bond donors (Lipinski definition) is 1. The molecule has 0 saturated carbocycles. The molecule has 0 amide bonds. The normalized spacial score (nSPS) is 10.9. The Morgan fingerprint density at radius 3 is 2.37 bits per heavy atom. The average molecular weight is 268 g/mol. The highest BCUT2D eigenvalue weighted by molar-refractivity contribution is 5.95. The van der Waals surface area contributed by atoms with Crippen LogP contribution in [0, 0.1) is 10.1 Å². The van der Waals surface area contributed by atoms with Crippen molar-refractivity contribution in [2.45, 2.75) is 26.4 Å². The summed E-state index contributed by atoms with van der Waals surface area (Å²) in [6.45, 7) is 5.09. The molecule has 7 heteroatoms. The van der Waals surface area contributed by atoms with Crippen LogP contribution in [0.2, 0.25) is 0 Å². The molecular weight excluding hydrogens is 252 g/mol. The van der Waals surface area contributed by atoms with Crippen molar-refractivity contribution in [2.75, 3.05) is 12.8 Å². The summed E-state index contributed by atoms with van der Waals surface area (Å²) in [5, 5.41) is 10.8. The second-order valence-corrected chi connectivity index (χ2v) is 4.87. The van der Waals surface area contributed by atoms with E-state index >= 15 is 0 Å². The molecule has 1 aromatic rings. The van der Waals surface area contributed by atoms with Gasteiger partial charge in [-0.25, -0.2) is 4.79 Å². The Balaban J connectivity index is 3.29. The van der Waals surface area contributed by atoms with Crippen LogP contribution in [0.4, 0.5) is 11.4 Å². The number of esters is 1. The van der Waals surface area contributed by atoms with E-state index in [9.17, 15) is 14.9 Å². The minimum absolute atomic E-state index is 0.0293. The second kappa shape index (κ2) is 5.13. The topological polar surface area (TPSA) is 105 Å². The Bertz CT molecular complexity index is 520. The fourth-order valence-electron chi connectivity index (χ4n) is 1.40. The van der Waals surface area contributed by atoms with Crippen LogP contribution in [-0.2, 0) is 4.74 Å². The fraction of sp³-hybridized carbons (Fsp3) is 0.417. The van der Waals surface area contributed by atoms with Crippen molar-refractivity contribution in [3.63, 3.8) is 0 Å². The first-order chi connectivity index (χ1) is 8.65. The molecule has 0 radical (unpaired) electrons. The predicted octanol–water partition coefficient (Wildman–Crippen LogP) is 2.14. The predicted molar refractivity (Wildman–Crippen MR) is 69.2 cm³/mol. The number of nitrogens with two attached hydrogens (primary N) is 1. The van der Waals surface area contributed by atoms with Crippen molar-refractivity contribution >= 4 is 17.3 Å². The molecule has 0 heterocycles. The van der Waals surface area contributed by atoms with Crippen molar-refractivity contribution in [1.29, 1.82) is 0 Å². The molecule has 0 unspecified atom stereocenters. The van der Waals surface area contributed by atoms with Crippen LogP contribution in [0.15, 0.2) is 12.1 Å². The van der Waals surface area contributed by atoms with Gasteiger partial charge in [0.15, 0.2) is 0 Å². The summed E-state index contributed by atoms with van der Waals surface area (Å²) in [6.07, 6.45) is 0. The maximum Gasteiger partial charge on any atom is 0.342 e. The van der Waals surface area contributed by atoms with E-state index in [1.165, 1.54) is 13.2 Å². The number of nitro benzene ring substituents is 1. The van der Waals surface area contributed by atoms with E-state index in [2.05, 4.69) is 0 Å². The molecule has 0 atom stereocenters. The lowest BCUT2D eigenvalue weighted by Crippen LogP contribution is -2.24. The number of methoxy groups -OCH3 is 1. The van der Waals surface area contributed by atoms with Crippen LogP contribution >= 0.6 is 0 Å². The lowest BCUT2D eigenvalue weighted by molar-refractivity contribution is -0.383. The Morgan fingerprint density at radius 2 is 1.95 bits per heavy atom. The van der Waals surface area contributed by atoms with Crippen molar-refractivity contribution in [2.24, 2.45) is 0 Å². The number of nitro groups is 1. The zero-order valence-electron chi connectivity index (χ0n) is 11.2. The highest BCUT2D eigenvalue weighted by atomic mass is 16.6. The zero-order valence-corrected chi connectivity index (χ0v) is 11.2. The Hall–Kier alpha value is -2.31. The first kappa shape index (κ1) is 14.7. The number of rotatable bonds is 3. The van der Waals surface area contributed by atoms with E-state index in [0.29, 0.717) is 0 Å². The Kier molecular flexibility index (Phi) is 3.98. The molecule has 0 fully saturated rings. The summed E-state index contributed by atoms with van der Waals surface area (Å²) in [5.41, 5.74) is 4.35. The monoisotopic (exact) mass is 268 g/mol. The van der Waals surface area contributed by atoms with Gasteiger partial charge in [0, 0.05) is 12.1 Å². The maximum absolute atomic E-state index is 12.0. The van der Waals surface area contributed by atoms with Crippen LogP contribution in [0.1, 0.15) is 31.1 Å². The van der Waals surface area contributed by atoms with Gasteiger partial charge in [0.2, 0.25) is 0 Å². The van der Waals surface area contributed by atoms with Crippen LogP contribution < -0.4 is 10.5 Å². The lowest BCUT2D eigenvalue weighted by Gasteiger charge is -2.20. The standard InChI is InChI=1S/C12H16N2O5/c1-12(2,3)19-11(15)7-5-9(14(16)17)8(13)6-10(7)18-4/h5-6H,13H2,1-4H3. The van der Waals surface area contributed by atoms with Gasteiger partial charge in [0.1, 0.15) is 22.6 Å². The highest BCUT2D eigenvalue weighted by Crippen LogP contribution is 2.31. The zero-order chi connectivity index (χ0) is 14.8. The summed E-state index contributed by atoms with van der Waals surface area (Å²) < 4.78 is 10.2. The molecule has 104 valence electrons. The molecule has 1 rings (SSSR count). The van der Waals surface area contributed by atoms with Crippen molar-refractivity contribution in [3.8, 4) is 5.75 Å². The number of nitrogen functional groups attached to an aromatic ring is 1. The SMILES string of the molecule is COc1cc(N)c([N+](=O)[O-])cc1C(=O)OC(C)(C)C. The molecule has 0 aliphatic carbocycles. The molecule has 0 aliphatic heterocycles. The van der Waals surface area contributed by atoms with E-state index in [0.717, 1.165) is 6.07 Å². The van der Waals surface area contributed by atoms with Crippen LogP contribution in [0.5, 0.6) is 5.75 Å². The number of nitrogens with zero attached hydrogens (tertiary/aromatic N) is 1. The number of benzene rings is 1. The summed E-state index contributed by atoms with van der Waals surface area (Å²) in [7, 11) is 1.34. The Labute approximate surface area is 110 Å². The number of carbonyl (C=O) groups excluding carboxylic acids is 1. The number of anilines is 1. The van der Waals surface area contributed by atoms with Crippen molar-refractivity contribution in [1.82, 2.24) is 0 Å². The third-order valence-electron chi connectivity index (χ3n) is 2.16. The van der Waals surface area contributed by atoms with Gasteiger partial charge in [0.05, 0.1) is 12.0 Å². The lowest BCUT2D eigenvalue weighted by atomic mass is 10.1. The largest absolute Gasteiger partial charge is 0.496 e. The van der Waals surface area contributed by atoms with Gasteiger partial charge in [-0.2, -0.15) is 0 Å². The van der Waals surface area contributed by atoms with Gasteiger partial charge >= 0.3 is 5.97 Å². The number of ether oxygens (including phenoxy) is 2. The first-order valence-electron chi connectivity index (χ1n) is 5.51. The fourth-order valence-corrected chi connectivity index (χ4v) is 1.40. The smallest absolute Gasteiger partial charge is 0.342 e. The molecule has 0 aromatic heterocycles. The summed E-state index contributed by atoms with van der Waals surface area (Å²) in [5.74, 6) is -0.565. The second-order valence-electron chi connectivity index (χ2n) is 4.87. The van der Waals surface area contributed by atoms with E-state index in [-0.39, 0.29) is 22.7 Å². The molecule has 0 spiro atoms. The molecule has 0 aliphatic rings. The van der Waals surface area contributed by atoms with Gasteiger partial charge in [-0.1, -0.05) is 0 Å². The van der Waals surface area contributed by atoms with Gasteiger partial charge in [-0.3, -0.25) is 10.1 Å². The molecule has 19 heavy (non-hydrogen) atoms. The van der Waals surface area contributed by atoms with Gasteiger partial charge < -0.3 is 15.2 Å². The van der Waals surface area contributed by atoms with Crippen molar-refractivity contribution in [3.05, 3.63) is 27.8 Å². The van der Waals surface area contributed by atoms with Crippen molar-refractivity contribution < 1.29 is 19.2 Å². The first-order valence-corrected chi connectivity index (χ1v) is 5.51. The van der Waals surface area contributed by atoms with E-state index < -0.39 is 16.5 Å². The summed E-state index contributed by atoms with van der Waals surface area (Å²) in [4.78, 5) is 22.1. The van der Waals surface area contributed by atoms with Gasteiger partial charge in [0.25, 0.3) is 5.69 Å². The molecule has 7 nitrogen and oxygen atoms in total. The number of carbonyl (C=O) groups is 1. The van der Waals surface area contributed by atoms with Crippen LogP contribution in [-0.4, -0.2) is 23.6 Å². The molecule has 0 saturated heterocycles. The molecule has 1 aromatic carbocycles. The van der Waals surface area contributed by atoms with Crippen LogP contribution in [0.3, 0.4) is 0 Å². The summed E-state index contributed by atoms with van der Waals surface area (Å²) >= 11 is 0. The van der Waals surface area contributed by atoms with E-state index in [4.69, 9.17) is 15.2 Å². The Morgan fingerprint density at radius 1 is 1.37 bits per heavy atom. The van der Waals surface area contributed by atoms with Gasteiger partial charge in [-0.05, 0) is 20.8 Å². The molecular formula is C12H16N2O5. The third-order valence-corrected chi connectivity index (χ3v) is 2.16. The molecule has 2 N–H and O–H groups in total. The number of hydrogen-bond acceptors (Lipinski definition) is 6. The van der Waals surface area contributed by atoms with E-state index in [1.807, 2.05) is 0 Å².